The van der Waals surface area contributed by atoms with E-state index in [-0.39, 0.29) is 0 Å². The SMILES string of the molecule is CC1CCN(C[C@H]2CO2)CC1. The van der Waals surface area contributed by atoms with Crippen LogP contribution in [0, 0.1) is 5.92 Å². The number of nitrogens with zero attached hydrogens (tertiary/aromatic N) is 1. The number of likely N-dealkylation sites (tertiary alicyclic amines) is 1. The molecule has 0 aromatic rings. The molecule has 2 aliphatic rings. The molecule has 2 heterocycles. The van der Waals surface area contributed by atoms with Crippen LogP contribution >= 0.6 is 0 Å². The van der Waals surface area contributed by atoms with Crippen LogP contribution in [0.5, 0.6) is 0 Å². The van der Waals surface area contributed by atoms with Crippen LogP contribution in [0.25, 0.3) is 0 Å². The highest BCUT2D eigenvalue weighted by Gasteiger charge is 2.26. The lowest BCUT2D eigenvalue weighted by Crippen LogP contribution is -2.35. The van der Waals surface area contributed by atoms with E-state index >= 15 is 0 Å². The zero-order valence-corrected chi connectivity index (χ0v) is 7.25. The van der Waals surface area contributed by atoms with E-state index in [9.17, 15) is 0 Å². The van der Waals surface area contributed by atoms with Gasteiger partial charge in [-0.1, -0.05) is 6.92 Å². The quantitative estimate of drug-likeness (QED) is 0.555. The van der Waals surface area contributed by atoms with Crippen molar-refractivity contribution in [2.24, 2.45) is 5.92 Å². The van der Waals surface area contributed by atoms with Crippen molar-refractivity contribution in [1.82, 2.24) is 4.90 Å². The Morgan fingerprint density at radius 1 is 1.36 bits per heavy atom. The second-order valence-corrected chi connectivity index (χ2v) is 3.94. The average molecular weight is 155 g/mol. The van der Waals surface area contributed by atoms with Gasteiger partial charge in [0.15, 0.2) is 0 Å². The van der Waals surface area contributed by atoms with Crippen molar-refractivity contribution in [2.45, 2.75) is 25.9 Å². The normalized spacial score (nSPS) is 34.1. The van der Waals surface area contributed by atoms with E-state index < -0.39 is 0 Å². The van der Waals surface area contributed by atoms with Crippen molar-refractivity contribution >= 4 is 0 Å². The third kappa shape index (κ3) is 2.17. The van der Waals surface area contributed by atoms with Crippen LogP contribution in [0.1, 0.15) is 19.8 Å². The van der Waals surface area contributed by atoms with E-state index in [1.165, 1.54) is 32.5 Å². The first-order valence-electron chi connectivity index (χ1n) is 4.68. The number of rotatable bonds is 2. The zero-order valence-electron chi connectivity index (χ0n) is 7.25. The lowest BCUT2D eigenvalue weighted by atomic mass is 9.99. The molecule has 0 amide bonds. The summed E-state index contributed by atoms with van der Waals surface area (Å²) in [5.41, 5.74) is 0. The summed E-state index contributed by atoms with van der Waals surface area (Å²) in [6.45, 7) is 7.13. The molecule has 0 bridgehead atoms. The van der Waals surface area contributed by atoms with Crippen molar-refractivity contribution in [3.8, 4) is 0 Å². The molecular formula is C9H17NO. The van der Waals surface area contributed by atoms with E-state index in [1.807, 2.05) is 0 Å². The van der Waals surface area contributed by atoms with Gasteiger partial charge in [-0.15, -0.1) is 0 Å². The highest BCUT2D eigenvalue weighted by molar-refractivity contribution is 4.77. The highest BCUT2D eigenvalue weighted by atomic mass is 16.6. The van der Waals surface area contributed by atoms with Gasteiger partial charge >= 0.3 is 0 Å². The van der Waals surface area contributed by atoms with Gasteiger partial charge in [-0.25, -0.2) is 0 Å². The Morgan fingerprint density at radius 2 is 2.00 bits per heavy atom. The summed E-state index contributed by atoms with van der Waals surface area (Å²) in [4.78, 5) is 2.54. The molecule has 0 unspecified atom stereocenters. The predicted molar refractivity (Wildman–Crippen MR) is 44.6 cm³/mol. The van der Waals surface area contributed by atoms with Gasteiger partial charge in [-0.05, 0) is 31.8 Å². The summed E-state index contributed by atoms with van der Waals surface area (Å²) < 4.78 is 5.20. The molecule has 64 valence electrons. The summed E-state index contributed by atoms with van der Waals surface area (Å²) in [7, 11) is 0. The number of ether oxygens (including phenoxy) is 1. The molecule has 0 aromatic carbocycles. The lowest BCUT2D eigenvalue weighted by molar-refractivity contribution is 0.177. The summed E-state index contributed by atoms with van der Waals surface area (Å²) >= 11 is 0. The number of hydrogen-bond donors (Lipinski definition) is 0. The van der Waals surface area contributed by atoms with Crippen LogP contribution in [0.3, 0.4) is 0 Å². The maximum Gasteiger partial charge on any atom is 0.0936 e. The Morgan fingerprint density at radius 3 is 2.55 bits per heavy atom. The van der Waals surface area contributed by atoms with Gasteiger partial charge in [0.05, 0.1) is 12.7 Å². The van der Waals surface area contributed by atoms with Crippen molar-refractivity contribution in [1.29, 1.82) is 0 Å². The van der Waals surface area contributed by atoms with Crippen molar-refractivity contribution in [3.05, 3.63) is 0 Å². The molecule has 2 saturated heterocycles. The number of piperidine rings is 1. The second-order valence-electron chi connectivity index (χ2n) is 3.94. The van der Waals surface area contributed by atoms with Crippen molar-refractivity contribution in [3.63, 3.8) is 0 Å². The van der Waals surface area contributed by atoms with Crippen molar-refractivity contribution < 1.29 is 4.74 Å². The number of hydrogen-bond acceptors (Lipinski definition) is 2. The Labute approximate surface area is 68.5 Å². The smallest absolute Gasteiger partial charge is 0.0936 e. The van der Waals surface area contributed by atoms with Gasteiger partial charge in [0, 0.05) is 6.54 Å². The van der Waals surface area contributed by atoms with Gasteiger partial charge in [0.25, 0.3) is 0 Å². The Kier molecular flexibility index (Phi) is 2.14. The minimum absolute atomic E-state index is 0.586. The summed E-state index contributed by atoms with van der Waals surface area (Å²) in [5.74, 6) is 0.950. The van der Waals surface area contributed by atoms with Crippen molar-refractivity contribution in [2.75, 3.05) is 26.2 Å². The molecule has 1 atom stereocenters. The highest BCUT2D eigenvalue weighted by Crippen LogP contribution is 2.18. The standard InChI is InChI=1S/C9H17NO/c1-8-2-4-10(5-3-8)6-9-7-11-9/h8-9H,2-7H2,1H3/t9-/m0/s1. The van der Waals surface area contributed by atoms with Gasteiger partial charge in [0.2, 0.25) is 0 Å². The molecule has 2 rings (SSSR count). The van der Waals surface area contributed by atoms with E-state index in [2.05, 4.69) is 11.8 Å². The Bertz CT molecular complexity index is 126. The first-order chi connectivity index (χ1) is 5.34. The molecule has 0 radical (unpaired) electrons. The van der Waals surface area contributed by atoms with Crippen LogP contribution in [-0.4, -0.2) is 37.2 Å². The summed E-state index contributed by atoms with van der Waals surface area (Å²) in [5, 5.41) is 0. The zero-order chi connectivity index (χ0) is 7.68. The fraction of sp³-hybridized carbons (Fsp3) is 1.00. The topological polar surface area (TPSA) is 15.8 Å². The first kappa shape index (κ1) is 7.56. The summed E-state index contributed by atoms with van der Waals surface area (Å²) in [6.07, 6.45) is 3.35. The minimum Gasteiger partial charge on any atom is -0.372 e. The molecule has 2 nitrogen and oxygen atoms in total. The first-order valence-corrected chi connectivity index (χ1v) is 4.68. The molecular weight excluding hydrogens is 138 g/mol. The molecule has 2 heteroatoms. The van der Waals surface area contributed by atoms with Gasteiger partial charge in [0.1, 0.15) is 0 Å². The van der Waals surface area contributed by atoms with Crippen LogP contribution in [0.15, 0.2) is 0 Å². The third-order valence-electron chi connectivity index (χ3n) is 2.74. The third-order valence-corrected chi connectivity index (χ3v) is 2.74. The van der Waals surface area contributed by atoms with Gasteiger partial charge < -0.3 is 9.64 Å². The van der Waals surface area contributed by atoms with Crippen LogP contribution < -0.4 is 0 Å². The van der Waals surface area contributed by atoms with Crippen LogP contribution in [0.2, 0.25) is 0 Å². The fourth-order valence-corrected chi connectivity index (χ4v) is 1.71. The maximum atomic E-state index is 5.20. The average Bonchev–Trinajstić information content (AvgIpc) is 2.78. The van der Waals surface area contributed by atoms with Crippen LogP contribution in [0.4, 0.5) is 0 Å². The van der Waals surface area contributed by atoms with Gasteiger partial charge in [-0.3, -0.25) is 0 Å². The monoisotopic (exact) mass is 155 g/mol. The summed E-state index contributed by atoms with van der Waals surface area (Å²) in [6, 6.07) is 0. The molecule has 11 heavy (non-hydrogen) atoms. The molecule has 2 aliphatic heterocycles. The fourth-order valence-electron chi connectivity index (χ4n) is 1.71. The number of epoxide rings is 1. The molecule has 0 spiro atoms. The molecule has 0 aromatic heterocycles. The van der Waals surface area contributed by atoms with E-state index in [0.717, 1.165) is 12.5 Å². The molecule has 2 fully saturated rings. The second kappa shape index (κ2) is 3.11. The van der Waals surface area contributed by atoms with E-state index in [1.54, 1.807) is 0 Å². The Hall–Kier alpha value is -0.0800. The minimum atomic E-state index is 0.586. The molecule has 0 aliphatic carbocycles. The van der Waals surface area contributed by atoms with E-state index in [0.29, 0.717) is 6.10 Å². The predicted octanol–water partition coefficient (Wildman–Crippen LogP) is 1.12. The molecule has 0 N–H and O–H groups in total. The van der Waals surface area contributed by atoms with E-state index in [4.69, 9.17) is 4.74 Å². The maximum absolute atomic E-state index is 5.20. The molecule has 0 saturated carbocycles. The van der Waals surface area contributed by atoms with Gasteiger partial charge in [-0.2, -0.15) is 0 Å². The largest absolute Gasteiger partial charge is 0.372 e. The lowest BCUT2D eigenvalue weighted by Gasteiger charge is -2.29. The van der Waals surface area contributed by atoms with Crippen LogP contribution in [-0.2, 0) is 4.74 Å². The Balaban J connectivity index is 1.69.